The summed E-state index contributed by atoms with van der Waals surface area (Å²) >= 11 is 1.11. The van der Waals surface area contributed by atoms with Gasteiger partial charge < -0.3 is 15.2 Å². The lowest BCUT2D eigenvalue weighted by Crippen LogP contribution is -2.41. The van der Waals surface area contributed by atoms with Gasteiger partial charge in [-0.15, -0.1) is 11.8 Å². The molecule has 0 saturated heterocycles. The van der Waals surface area contributed by atoms with Crippen LogP contribution in [-0.2, 0) is 9.53 Å². The highest BCUT2D eigenvalue weighted by molar-refractivity contribution is 8.00. The van der Waals surface area contributed by atoms with Crippen LogP contribution < -0.4 is 10.6 Å². The van der Waals surface area contributed by atoms with E-state index in [4.69, 9.17) is 9.84 Å². The van der Waals surface area contributed by atoms with Gasteiger partial charge in [-0.1, -0.05) is 0 Å². The molecule has 0 aliphatic rings. The van der Waals surface area contributed by atoms with Gasteiger partial charge in [0.05, 0.1) is 12.4 Å². The third-order valence-electron chi connectivity index (χ3n) is 2.17. The summed E-state index contributed by atoms with van der Waals surface area (Å²) in [7, 11) is 1.50. The van der Waals surface area contributed by atoms with E-state index in [1.165, 1.54) is 19.4 Å². The fourth-order valence-corrected chi connectivity index (χ4v) is 1.96. The summed E-state index contributed by atoms with van der Waals surface area (Å²) in [5.41, 5.74) is -0.0993. The number of thioether (sulfide) groups is 1. The number of amides is 3. The summed E-state index contributed by atoms with van der Waals surface area (Å²) in [6, 6.07) is 2.35. The molecule has 0 radical (unpaired) electrons. The lowest BCUT2D eigenvalue weighted by molar-refractivity contribution is -0.117. The highest BCUT2D eigenvalue weighted by atomic mass is 32.2. The Morgan fingerprint density at radius 1 is 1.43 bits per heavy atom. The van der Waals surface area contributed by atoms with E-state index in [0.29, 0.717) is 18.0 Å². The lowest BCUT2D eigenvalue weighted by atomic mass is 10.3. The summed E-state index contributed by atoms with van der Waals surface area (Å²) in [6.07, 6.45) is 1.35. The minimum absolute atomic E-state index is 0.0131. The Balaban J connectivity index is 2.37. The van der Waals surface area contributed by atoms with E-state index in [9.17, 15) is 14.4 Å². The molecule has 0 atom stereocenters. The van der Waals surface area contributed by atoms with Crippen LogP contribution >= 0.6 is 11.8 Å². The first-order valence-electron chi connectivity index (χ1n) is 5.91. The summed E-state index contributed by atoms with van der Waals surface area (Å²) < 4.78 is 4.75. The summed E-state index contributed by atoms with van der Waals surface area (Å²) in [4.78, 5) is 37.8. The molecule has 0 unspecified atom stereocenters. The molecule has 21 heavy (non-hydrogen) atoms. The first-order chi connectivity index (χ1) is 10.0. The number of hydrogen-bond acceptors (Lipinski definition) is 6. The molecule has 0 spiro atoms. The number of carbonyl (C=O) groups excluding carboxylic acids is 2. The Hall–Kier alpha value is -2.13. The molecular formula is C12H15N3O5S. The molecule has 1 aromatic heterocycles. The minimum Gasteiger partial charge on any atom is -0.477 e. The Kier molecular flexibility index (Phi) is 7.19. The lowest BCUT2D eigenvalue weighted by Gasteiger charge is -2.06. The third-order valence-corrected chi connectivity index (χ3v) is 3.16. The van der Waals surface area contributed by atoms with Gasteiger partial charge in [0, 0.05) is 24.7 Å². The average Bonchev–Trinajstić information content (AvgIpc) is 2.45. The molecule has 0 aromatic carbocycles. The smallest absolute Gasteiger partial charge is 0.354 e. The number of hydrogen-bond donors (Lipinski definition) is 3. The van der Waals surface area contributed by atoms with Gasteiger partial charge in [0.1, 0.15) is 5.69 Å². The molecule has 0 saturated carbocycles. The number of urea groups is 1. The maximum Gasteiger partial charge on any atom is 0.354 e. The van der Waals surface area contributed by atoms with Gasteiger partial charge in [-0.05, 0) is 12.1 Å². The van der Waals surface area contributed by atoms with Crippen LogP contribution in [0.25, 0.3) is 0 Å². The topological polar surface area (TPSA) is 118 Å². The molecule has 0 fully saturated rings. The van der Waals surface area contributed by atoms with Crippen LogP contribution in [0.4, 0.5) is 4.79 Å². The second-order valence-corrected chi connectivity index (χ2v) is 4.82. The fourth-order valence-electron chi connectivity index (χ4n) is 1.24. The van der Waals surface area contributed by atoms with Gasteiger partial charge in [-0.3, -0.25) is 10.1 Å². The molecule has 1 aromatic rings. The molecule has 9 heteroatoms. The van der Waals surface area contributed by atoms with Crippen LogP contribution in [0.1, 0.15) is 10.5 Å². The first-order valence-corrected chi connectivity index (χ1v) is 6.90. The Labute approximate surface area is 125 Å². The van der Waals surface area contributed by atoms with E-state index in [1.807, 2.05) is 0 Å². The quantitative estimate of drug-likeness (QED) is 0.491. The van der Waals surface area contributed by atoms with Crippen molar-refractivity contribution >= 4 is 29.7 Å². The molecule has 1 heterocycles. The molecule has 1 rings (SSSR count). The van der Waals surface area contributed by atoms with E-state index in [2.05, 4.69) is 15.6 Å². The van der Waals surface area contributed by atoms with Gasteiger partial charge >= 0.3 is 12.0 Å². The molecule has 3 amide bonds. The average molecular weight is 313 g/mol. The van der Waals surface area contributed by atoms with Crippen LogP contribution in [-0.4, -0.2) is 54.0 Å². The van der Waals surface area contributed by atoms with Crippen molar-refractivity contribution in [2.75, 3.05) is 26.0 Å². The van der Waals surface area contributed by atoms with Gasteiger partial charge in [0.15, 0.2) is 0 Å². The van der Waals surface area contributed by atoms with Crippen molar-refractivity contribution in [1.82, 2.24) is 15.6 Å². The predicted molar refractivity (Wildman–Crippen MR) is 75.3 cm³/mol. The zero-order valence-corrected chi connectivity index (χ0v) is 12.1. The summed E-state index contributed by atoms with van der Waals surface area (Å²) in [5, 5.41) is 13.4. The van der Waals surface area contributed by atoms with Crippen LogP contribution in [0.3, 0.4) is 0 Å². The number of aromatic carboxylic acids is 1. The maximum absolute atomic E-state index is 11.5. The van der Waals surface area contributed by atoms with Gasteiger partial charge in [-0.25, -0.2) is 14.6 Å². The summed E-state index contributed by atoms with van der Waals surface area (Å²) in [5.74, 6) is -1.64. The number of methoxy groups -OCH3 is 1. The van der Waals surface area contributed by atoms with Crippen LogP contribution in [0.15, 0.2) is 23.2 Å². The standard InChI is InChI=1S/C12H15N3O5S/c1-20-5-4-14-12(19)15-10(16)7-21-8-2-3-13-9(6-8)11(17)18/h2-3,6H,4-5,7H2,1H3,(H,17,18)(H2,14,15,16,19). The Morgan fingerprint density at radius 2 is 2.19 bits per heavy atom. The number of rotatable bonds is 7. The van der Waals surface area contributed by atoms with Crippen molar-refractivity contribution < 1.29 is 24.2 Å². The minimum atomic E-state index is -1.14. The molecule has 0 aliphatic heterocycles. The number of carboxylic acids is 1. The molecule has 0 aliphatic carbocycles. The van der Waals surface area contributed by atoms with E-state index in [-0.39, 0.29) is 11.4 Å². The van der Waals surface area contributed by atoms with Gasteiger partial charge in [-0.2, -0.15) is 0 Å². The van der Waals surface area contributed by atoms with Crippen LogP contribution in [0.5, 0.6) is 0 Å². The van der Waals surface area contributed by atoms with Crippen molar-refractivity contribution in [3.05, 3.63) is 24.0 Å². The van der Waals surface area contributed by atoms with Gasteiger partial charge in [0.25, 0.3) is 0 Å². The highest BCUT2D eigenvalue weighted by Crippen LogP contribution is 2.17. The number of ether oxygens (including phenoxy) is 1. The largest absolute Gasteiger partial charge is 0.477 e. The SMILES string of the molecule is COCCNC(=O)NC(=O)CSc1ccnc(C(=O)O)c1. The van der Waals surface area contributed by atoms with Crippen molar-refractivity contribution in [2.24, 2.45) is 0 Å². The van der Waals surface area contributed by atoms with Crippen molar-refractivity contribution in [1.29, 1.82) is 0 Å². The van der Waals surface area contributed by atoms with E-state index in [1.54, 1.807) is 6.07 Å². The normalized spacial score (nSPS) is 9.95. The van der Waals surface area contributed by atoms with Crippen molar-refractivity contribution in [2.45, 2.75) is 4.90 Å². The zero-order valence-electron chi connectivity index (χ0n) is 11.3. The number of nitrogens with one attached hydrogen (secondary N) is 2. The van der Waals surface area contributed by atoms with E-state index < -0.39 is 17.9 Å². The van der Waals surface area contributed by atoms with Crippen molar-refractivity contribution in [3.8, 4) is 0 Å². The van der Waals surface area contributed by atoms with Crippen LogP contribution in [0, 0.1) is 0 Å². The maximum atomic E-state index is 11.5. The van der Waals surface area contributed by atoms with E-state index >= 15 is 0 Å². The van der Waals surface area contributed by atoms with Crippen molar-refractivity contribution in [3.63, 3.8) is 0 Å². The van der Waals surface area contributed by atoms with Gasteiger partial charge in [0.2, 0.25) is 5.91 Å². The number of carbonyl (C=O) groups is 3. The predicted octanol–water partition coefficient (Wildman–Crippen LogP) is 0.344. The monoisotopic (exact) mass is 313 g/mol. The molecule has 8 nitrogen and oxygen atoms in total. The van der Waals surface area contributed by atoms with E-state index in [0.717, 1.165) is 11.8 Å². The second-order valence-electron chi connectivity index (χ2n) is 3.77. The summed E-state index contributed by atoms with van der Waals surface area (Å²) in [6.45, 7) is 0.653. The second kappa shape index (κ2) is 8.93. The first kappa shape index (κ1) is 16.9. The Bertz CT molecular complexity index is 523. The Morgan fingerprint density at radius 3 is 2.86 bits per heavy atom. The fraction of sp³-hybridized carbons (Fsp3) is 0.333. The molecule has 0 bridgehead atoms. The zero-order chi connectivity index (χ0) is 15.7. The number of aromatic nitrogens is 1. The number of nitrogens with zero attached hydrogens (tertiary/aromatic N) is 1. The number of carboxylic acid groups (broad SMARTS) is 1. The molecule has 114 valence electrons. The van der Waals surface area contributed by atoms with Crippen LogP contribution in [0.2, 0.25) is 0 Å². The third kappa shape index (κ3) is 6.72. The number of imide groups is 1. The number of pyridine rings is 1. The highest BCUT2D eigenvalue weighted by Gasteiger charge is 2.09. The molecule has 3 N–H and O–H groups in total. The molecular weight excluding hydrogens is 298 g/mol.